The summed E-state index contributed by atoms with van der Waals surface area (Å²) in [6.45, 7) is 0.409. The van der Waals surface area contributed by atoms with Crippen LogP contribution in [0.25, 0.3) is 0 Å². The number of hydrogen-bond acceptors (Lipinski definition) is 3. The minimum Gasteiger partial charge on any atom is -0.391 e. The fourth-order valence-corrected chi connectivity index (χ4v) is 1.28. The zero-order valence-electron chi connectivity index (χ0n) is 6.66. The van der Waals surface area contributed by atoms with Gasteiger partial charge >= 0.3 is 0 Å². The Balaban J connectivity index is 2.61. The number of likely N-dealkylation sites (N-methyl/N-ethyl adjacent to an activating group) is 1. The first-order valence-electron chi connectivity index (χ1n) is 3.80. The van der Waals surface area contributed by atoms with E-state index >= 15 is 0 Å². The second-order valence-corrected chi connectivity index (χ2v) is 3.06. The summed E-state index contributed by atoms with van der Waals surface area (Å²) in [5.74, 6) is -0.0680. The van der Waals surface area contributed by atoms with E-state index in [4.69, 9.17) is 5.73 Å². The van der Waals surface area contributed by atoms with Crippen molar-refractivity contribution in [2.24, 2.45) is 5.73 Å². The van der Waals surface area contributed by atoms with Crippen LogP contribution in [0.5, 0.6) is 0 Å². The van der Waals surface area contributed by atoms with Crippen molar-refractivity contribution in [3.8, 4) is 0 Å². The van der Waals surface area contributed by atoms with E-state index in [1.807, 2.05) is 0 Å². The van der Waals surface area contributed by atoms with Gasteiger partial charge in [-0.05, 0) is 12.8 Å². The van der Waals surface area contributed by atoms with Gasteiger partial charge in [-0.3, -0.25) is 4.79 Å². The van der Waals surface area contributed by atoms with Gasteiger partial charge in [0.2, 0.25) is 5.91 Å². The van der Waals surface area contributed by atoms with Gasteiger partial charge in [-0.2, -0.15) is 0 Å². The summed E-state index contributed by atoms with van der Waals surface area (Å²) in [5.41, 5.74) is 5.53. The molecule has 0 bridgehead atoms. The summed E-state index contributed by atoms with van der Waals surface area (Å²) in [6.07, 6.45) is 0.805. The molecule has 0 aromatic carbocycles. The summed E-state index contributed by atoms with van der Waals surface area (Å²) in [7, 11) is 1.66. The normalized spacial score (nSPS) is 33.7. The van der Waals surface area contributed by atoms with Gasteiger partial charge in [0.15, 0.2) is 0 Å². The average Bonchev–Trinajstić information content (AvgIpc) is 2.05. The average molecular weight is 158 g/mol. The summed E-state index contributed by atoms with van der Waals surface area (Å²) in [6, 6.07) is -0.419. The molecule has 0 saturated carbocycles. The Kier molecular flexibility index (Phi) is 2.46. The van der Waals surface area contributed by atoms with Crippen LogP contribution < -0.4 is 5.73 Å². The minimum absolute atomic E-state index is 0.0680. The number of nitrogens with zero attached hydrogens (tertiary/aromatic N) is 1. The minimum atomic E-state index is -0.419. The van der Waals surface area contributed by atoms with E-state index in [0.717, 1.165) is 0 Å². The number of amides is 1. The van der Waals surface area contributed by atoms with E-state index in [1.54, 1.807) is 7.05 Å². The highest BCUT2D eigenvalue weighted by molar-refractivity contribution is 5.81. The second-order valence-electron chi connectivity index (χ2n) is 3.06. The number of carbonyl (C=O) groups excluding carboxylic acids is 1. The third-order valence-electron chi connectivity index (χ3n) is 1.99. The van der Waals surface area contributed by atoms with Crippen LogP contribution in [-0.4, -0.2) is 41.7 Å². The quantitative estimate of drug-likeness (QED) is 0.471. The molecule has 11 heavy (non-hydrogen) atoms. The Hall–Kier alpha value is -0.610. The molecule has 0 aromatic heterocycles. The number of aliphatic hydroxyl groups is 1. The predicted octanol–water partition coefficient (Wildman–Crippen LogP) is -1.07. The largest absolute Gasteiger partial charge is 0.391 e. The Morgan fingerprint density at radius 3 is 2.91 bits per heavy atom. The van der Waals surface area contributed by atoms with Crippen LogP contribution in [-0.2, 0) is 4.79 Å². The molecule has 3 N–H and O–H groups in total. The smallest absolute Gasteiger partial charge is 0.239 e. The molecule has 1 rings (SSSR count). The lowest BCUT2D eigenvalue weighted by molar-refractivity contribution is -0.131. The fourth-order valence-electron chi connectivity index (χ4n) is 1.28. The maximum Gasteiger partial charge on any atom is 0.239 e. The fraction of sp³-hybridized carbons (Fsp3) is 0.857. The number of rotatable bonds is 0. The van der Waals surface area contributed by atoms with Crippen LogP contribution >= 0.6 is 0 Å². The third-order valence-corrected chi connectivity index (χ3v) is 1.99. The molecule has 1 heterocycles. The van der Waals surface area contributed by atoms with Gasteiger partial charge in [-0.1, -0.05) is 0 Å². The molecule has 1 saturated heterocycles. The lowest BCUT2D eigenvalue weighted by Crippen LogP contribution is -2.40. The molecule has 1 fully saturated rings. The lowest BCUT2D eigenvalue weighted by atomic mass is 10.1. The van der Waals surface area contributed by atoms with Crippen molar-refractivity contribution < 1.29 is 9.90 Å². The molecule has 0 aliphatic carbocycles. The van der Waals surface area contributed by atoms with Crippen molar-refractivity contribution in [2.45, 2.75) is 25.0 Å². The van der Waals surface area contributed by atoms with Crippen molar-refractivity contribution in [3.63, 3.8) is 0 Å². The molecule has 1 aliphatic heterocycles. The van der Waals surface area contributed by atoms with Crippen molar-refractivity contribution in [1.82, 2.24) is 4.90 Å². The highest BCUT2D eigenvalue weighted by Crippen LogP contribution is 2.09. The lowest BCUT2D eigenvalue weighted by Gasteiger charge is -2.17. The molecule has 0 unspecified atom stereocenters. The molecule has 0 radical (unpaired) electrons. The van der Waals surface area contributed by atoms with E-state index in [1.165, 1.54) is 4.90 Å². The summed E-state index contributed by atoms with van der Waals surface area (Å²) in [4.78, 5) is 12.7. The third kappa shape index (κ3) is 1.91. The van der Waals surface area contributed by atoms with Gasteiger partial charge in [0.1, 0.15) is 0 Å². The first-order valence-corrected chi connectivity index (χ1v) is 3.80. The van der Waals surface area contributed by atoms with Crippen molar-refractivity contribution in [2.75, 3.05) is 13.6 Å². The van der Waals surface area contributed by atoms with Crippen LogP contribution in [0.4, 0.5) is 0 Å². The maximum atomic E-state index is 11.2. The standard InChI is InChI=1S/C7H14N2O2/c1-9-4-5(10)2-3-6(8)7(9)11/h5-6,10H,2-4,8H2,1H3/t5-,6-/m0/s1. The van der Waals surface area contributed by atoms with Gasteiger partial charge in [0.25, 0.3) is 0 Å². The molecule has 4 nitrogen and oxygen atoms in total. The number of aliphatic hydroxyl groups excluding tert-OH is 1. The van der Waals surface area contributed by atoms with E-state index in [2.05, 4.69) is 0 Å². The highest BCUT2D eigenvalue weighted by Gasteiger charge is 2.24. The van der Waals surface area contributed by atoms with Crippen molar-refractivity contribution in [3.05, 3.63) is 0 Å². The van der Waals surface area contributed by atoms with E-state index < -0.39 is 12.1 Å². The van der Waals surface area contributed by atoms with Gasteiger partial charge < -0.3 is 15.7 Å². The molecule has 0 spiro atoms. The molecular formula is C7H14N2O2. The summed E-state index contributed by atoms with van der Waals surface area (Å²) in [5, 5.41) is 9.25. The number of nitrogens with two attached hydrogens (primary N) is 1. The summed E-state index contributed by atoms with van der Waals surface area (Å²) < 4.78 is 0. The molecule has 0 aromatic rings. The van der Waals surface area contributed by atoms with Crippen molar-refractivity contribution >= 4 is 5.91 Å². The van der Waals surface area contributed by atoms with Crippen molar-refractivity contribution in [1.29, 1.82) is 0 Å². The van der Waals surface area contributed by atoms with Crippen LogP contribution in [0, 0.1) is 0 Å². The van der Waals surface area contributed by atoms with E-state index in [0.29, 0.717) is 19.4 Å². The monoisotopic (exact) mass is 158 g/mol. The van der Waals surface area contributed by atoms with Crippen LogP contribution in [0.15, 0.2) is 0 Å². The number of hydrogen-bond donors (Lipinski definition) is 2. The number of carbonyl (C=O) groups is 1. The van der Waals surface area contributed by atoms with Gasteiger partial charge in [-0.25, -0.2) is 0 Å². The highest BCUT2D eigenvalue weighted by atomic mass is 16.3. The first kappa shape index (κ1) is 8.49. The van der Waals surface area contributed by atoms with E-state index in [-0.39, 0.29) is 5.91 Å². The van der Waals surface area contributed by atoms with Gasteiger partial charge in [0.05, 0.1) is 12.1 Å². The van der Waals surface area contributed by atoms with Crippen LogP contribution in [0.3, 0.4) is 0 Å². The zero-order valence-corrected chi connectivity index (χ0v) is 6.66. The van der Waals surface area contributed by atoms with Gasteiger partial charge in [0, 0.05) is 13.6 Å². The Labute approximate surface area is 66.0 Å². The van der Waals surface area contributed by atoms with Crippen LogP contribution in [0.1, 0.15) is 12.8 Å². The Morgan fingerprint density at radius 2 is 2.27 bits per heavy atom. The SMILES string of the molecule is CN1C[C@@H](O)CC[C@H](N)C1=O. The number of β-amino-alcohol motifs (C(OH)–C–C–N with tert-alkyl or cyclic N) is 1. The molecule has 2 atom stereocenters. The molecule has 64 valence electrons. The molecular weight excluding hydrogens is 144 g/mol. The molecule has 1 aliphatic rings. The summed E-state index contributed by atoms with van der Waals surface area (Å²) >= 11 is 0. The maximum absolute atomic E-state index is 11.2. The molecule has 4 heteroatoms. The zero-order chi connectivity index (χ0) is 8.43. The molecule has 1 amide bonds. The van der Waals surface area contributed by atoms with Crippen LogP contribution in [0.2, 0.25) is 0 Å². The number of likely N-dealkylation sites (tertiary alicyclic amines) is 1. The van der Waals surface area contributed by atoms with E-state index in [9.17, 15) is 9.90 Å². The predicted molar refractivity (Wildman–Crippen MR) is 40.9 cm³/mol. The first-order chi connectivity index (χ1) is 5.11. The second kappa shape index (κ2) is 3.19. The topological polar surface area (TPSA) is 66.6 Å². The van der Waals surface area contributed by atoms with Gasteiger partial charge in [-0.15, -0.1) is 0 Å². The Morgan fingerprint density at radius 1 is 1.64 bits per heavy atom. The Bertz CT molecular complexity index is 161.